The van der Waals surface area contributed by atoms with Gasteiger partial charge in [-0.2, -0.15) is 0 Å². The highest BCUT2D eigenvalue weighted by Gasteiger charge is 2.37. The van der Waals surface area contributed by atoms with E-state index >= 15 is 0 Å². The van der Waals surface area contributed by atoms with Crippen molar-refractivity contribution in [3.8, 4) is 11.3 Å². The van der Waals surface area contributed by atoms with Crippen molar-refractivity contribution < 1.29 is 19.4 Å². The number of rotatable bonds is 8. The van der Waals surface area contributed by atoms with E-state index in [-0.39, 0.29) is 23.2 Å². The lowest BCUT2D eigenvalue weighted by Gasteiger charge is -2.42. The number of nitrogens with one attached hydrogen (secondary N) is 2. The molecule has 7 rings (SSSR count). The van der Waals surface area contributed by atoms with Crippen molar-refractivity contribution in [2.75, 3.05) is 50.0 Å². The first-order chi connectivity index (χ1) is 23.2. The summed E-state index contributed by atoms with van der Waals surface area (Å²) in [7, 11) is 1.69. The van der Waals surface area contributed by atoms with Gasteiger partial charge in [-0.05, 0) is 73.6 Å². The first-order valence-electron chi connectivity index (χ1n) is 16.5. The topological polar surface area (TPSA) is 129 Å². The highest BCUT2D eigenvalue weighted by Crippen LogP contribution is 2.33. The molecule has 3 aliphatic rings. The second kappa shape index (κ2) is 13.6. The Morgan fingerprint density at radius 3 is 2.54 bits per heavy atom. The summed E-state index contributed by atoms with van der Waals surface area (Å²) in [5, 5.41) is 16.1. The number of ether oxygens (including phenoxy) is 1. The minimum Gasteiger partial charge on any atom is -0.389 e. The third kappa shape index (κ3) is 6.53. The summed E-state index contributed by atoms with van der Waals surface area (Å²) >= 11 is 1.59. The number of likely N-dealkylation sites (tertiary alicyclic amines) is 1. The molecule has 2 saturated heterocycles. The van der Waals surface area contributed by atoms with Crippen molar-refractivity contribution in [3.63, 3.8) is 0 Å². The van der Waals surface area contributed by atoms with Crippen molar-refractivity contribution in [1.29, 1.82) is 0 Å². The quantitative estimate of drug-likeness (QED) is 0.254. The Balaban J connectivity index is 1.11. The first kappa shape index (κ1) is 32.2. The molecular weight excluding hydrogens is 628 g/mol. The number of fused-ring (bicyclic) bond motifs is 1. The molecule has 1 unspecified atom stereocenters. The van der Waals surface area contributed by atoms with E-state index in [1.807, 2.05) is 55.5 Å². The minimum absolute atomic E-state index is 0.0329. The van der Waals surface area contributed by atoms with E-state index in [0.717, 1.165) is 34.4 Å². The SMILES string of the molecule is Cc1c(NC(=O)c2cc3c(s2)CCCC3)cccc1-c1cn(C)c(=O)c(Nc2ccc(C(C(=O)N3CC(O)C3)N3CCOCC3)cc2)n1. The summed E-state index contributed by atoms with van der Waals surface area (Å²) in [5.74, 6) is 0.0134. The summed E-state index contributed by atoms with van der Waals surface area (Å²) < 4.78 is 7.02. The fourth-order valence-corrected chi connectivity index (χ4v) is 7.84. The molecule has 1 atom stereocenters. The van der Waals surface area contributed by atoms with Crippen LogP contribution in [0.25, 0.3) is 11.3 Å². The molecule has 1 aliphatic carbocycles. The number of aromatic nitrogens is 2. The van der Waals surface area contributed by atoms with Crippen LogP contribution in [0.2, 0.25) is 0 Å². The molecule has 250 valence electrons. The number of carbonyl (C=O) groups excluding carboxylic acids is 2. The fourth-order valence-electron chi connectivity index (χ4n) is 6.69. The first-order valence-corrected chi connectivity index (χ1v) is 17.3. The van der Waals surface area contributed by atoms with Crippen molar-refractivity contribution in [2.24, 2.45) is 7.05 Å². The maximum absolute atomic E-state index is 13.5. The van der Waals surface area contributed by atoms with Crippen LogP contribution < -0.4 is 16.2 Å². The van der Waals surface area contributed by atoms with E-state index in [1.54, 1.807) is 29.5 Å². The normalized spacial score (nSPS) is 17.4. The van der Waals surface area contributed by atoms with Crippen molar-refractivity contribution in [1.82, 2.24) is 19.4 Å². The van der Waals surface area contributed by atoms with E-state index in [2.05, 4.69) is 15.5 Å². The summed E-state index contributed by atoms with van der Waals surface area (Å²) in [5.41, 5.74) is 5.43. The second-order valence-corrected chi connectivity index (χ2v) is 13.9. The Kier molecular flexibility index (Phi) is 9.15. The molecule has 2 aliphatic heterocycles. The van der Waals surface area contributed by atoms with Crippen LogP contribution in [0.15, 0.2) is 59.5 Å². The predicted molar refractivity (Wildman–Crippen MR) is 186 cm³/mol. The lowest BCUT2D eigenvalue weighted by atomic mass is 9.99. The standard InChI is InChI=1S/C36H40N6O5S/c1-22-27(7-5-8-28(22)39-34(44)31-18-24-6-3-4-9-30(24)48-31)29-21-40(2)36(46)33(38-29)37-25-12-10-23(11-13-25)32(41-14-16-47-17-15-41)35(45)42-19-26(43)20-42/h5,7-8,10-13,18,21,26,32,43H,3-4,6,9,14-17,19-20H2,1-2H3,(H,37,38)(H,39,44). The number of nitrogens with zero attached hydrogens (tertiary/aromatic N) is 4. The van der Waals surface area contributed by atoms with Crippen LogP contribution in [0.1, 0.15) is 50.1 Å². The van der Waals surface area contributed by atoms with Gasteiger partial charge in [0.05, 0.1) is 29.9 Å². The van der Waals surface area contributed by atoms with Crippen molar-refractivity contribution >= 4 is 40.3 Å². The van der Waals surface area contributed by atoms with Gasteiger partial charge >= 0.3 is 0 Å². The molecule has 0 saturated carbocycles. The summed E-state index contributed by atoms with van der Waals surface area (Å²) in [6.07, 6.45) is 5.64. The van der Waals surface area contributed by atoms with Crippen LogP contribution >= 0.6 is 11.3 Å². The average Bonchev–Trinajstić information content (AvgIpc) is 3.52. The number of hydrogen-bond donors (Lipinski definition) is 3. The second-order valence-electron chi connectivity index (χ2n) is 12.8. The maximum Gasteiger partial charge on any atom is 0.293 e. The molecule has 48 heavy (non-hydrogen) atoms. The fraction of sp³-hybridized carbons (Fsp3) is 0.389. The van der Waals surface area contributed by atoms with E-state index in [4.69, 9.17) is 9.72 Å². The van der Waals surface area contributed by atoms with Gasteiger partial charge in [0.15, 0.2) is 5.82 Å². The molecule has 2 fully saturated rings. The summed E-state index contributed by atoms with van der Waals surface area (Å²) in [6.45, 7) is 5.02. The van der Waals surface area contributed by atoms with E-state index < -0.39 is 12.1 Å². The van der Waals surface area contributed by atoms with Crippen LogP contribution in [0, 0.1) is 6.92 Å². The minimum atomic E-state index is -0.481. The lowest BCUT2D eigenvalue weighted by molar-refractivity contribution is -0.149. The van der Waals surface area contributed by atoms with Gasteiger partial charge < -0.3 is 29.9 Å². The molecule has 2 aromatic heterocycles. The van der Waals surface area contributed by atoms with Crippen LogP contribution in [0.4, 0.5) is 17.2 Å². The zero-order valence-electron chi connectivity index (χ0n) is 27.2. The number of carbonyl (C=O) groups is 2. The number of β-amino-alcohol motifs (C(OH)–C–C–N with tert-alkyl or cyclic N) is 1. The van der Waals surface area contributed by atoms with Crippen LogP contribution in [-0.2, 0) is 29.4 Å². The Morgan fingerprint density at radius 2 is 1.81 bits per heavy atom. The molecule has 3 N–H and O–H groups in total. The van der Waals surface area contributed by atoms with Crippen molar-refractivity contribution in [3.05, 3.63) is 91.5 Å². The molecule has 2 amide bonds. The zero-order valence-corrected chi connectivity index (χ0v) is 28.0. The molecule has 0 bridgehead atoms. The number of aryl methyl sites for hydroxylation is 3. The largest absolute Gasteiger partial charge is 0.389 e. The maximum atomic E-state index is 13.5. The summed E-state index contributed by atoms with van der Waals surface area (Å²) in [4.78, 5) is 50.5. The molecular formula is C36H40N6O5S. The van der Waals surface area contributed by atoms with Gasteiger partial charge in [-0.15, -0.1) is 11.3 Å². The number of thiophene rings is 1. The zero-order chi connectivity index (χ0) is 33.4. The van der Waals surface area contributed by atoms with Gasteiger partial charge in [-0.3, -0.25) is 19.3 Å². The number of amides is 2. The predicted octanol–water partition coefficient (Wildman–Crippen LogP) is 4.27. The smallest absolute Gasteiger partial charge is 0.293 e. The van der Waals surface area contributed by atoms with Crippen LogP contribution in [0.3, 0.4) is 0 Å². The summed E-state index contributed by atoms with van der Waals surface area (Å²) in [6, 6.07) is 14.7. The number of hydrogen-bond acceptors (Lipinski definition) is 9. The molecule has 11 nitrogen and oxygen atoms in total. The van der Waals surface area contributed by atoms with Gasteiger partial charge in [0.2, 0.25) is 5.91 Å². The molecule has 4 aromatic rings. The lowest BCUT2D eigenvalue weighted by Crippen LogP contribution is -2.57. The average molecular weight is 669 g/mol. The van der Waals surface area contributed by atoms with Gasteiger partial charge in [0, 0.05) is 61.2 Å². The Labute approximate surface area is 283 Å². The molecule has 0 spiro atoms. The molecule has 2 aromatic carbocycles. The van der Waals surface area contributed by atoms with E-state index in [1.165, 1.54) is 27.8 Å². The monoisotopic (exact) mass is 668 g/mol. The Morgan fingerprint density at radius 1 is 1.06 bits per heavy atom. The Bertz CT molecular complexity index is 1870. The van der Waals surface area contributed by atoms with E-state index in [0.29, 0.717) is 56.5 Å². The van der Waals surface area contributed by atoms with Gasteiger partial charge in [0.1, 0.15) is 6.04 Å². The Hall–Kier alpha value is -4.36. The van der Waals surface area contributed by atoms with Crippen LogP contribution in [0.5, 0.6) is 0 Å². The third-order valence-corrected chi connectivity index (χ3v) is 10.7. The number of benzene rings is 2. The number of aliphatic hydroxyl groups excluding tert-OH is 1. The van der Waals surface area contributed by atoms with Crippen molar-refractivity contribution in [2.45, 2.75) is 44.8 Å². The highest BCUT2D eigenvalue weighted by molar-refractivity contribution is 7.14. The third-order valence-electron chi connectivity index (χ3n) is 9.46. The molecule has 12 heteroatoms. The number of aliphatic hydroxyl groups is 1. The van der Waals surface area contributed by atoms with Gasteiger partial charge in [-0.1, -0.05) is 24.3 Å². The van der Waals surface area contributed by atoms with E-state index in [9.17, 15) is 19.5 Å². The number of morpholine rings is 1. The number of anilines is 3. The van der Waals surface area contributed by atoms with Gasteiger partial charge in [0.25, 0.3) is 11.5 Å². The molecule has 4 heterocycles. The van der Waals surface area contributed by atoms with Gasteiger partial charge in [-0.25, -0.2) is 4.98 Å². The highest BCUT2D eigenvalue weighted by atomic mass is 32.1. The molecule has 0 radical (unpaired) electrons. The van der Waals surface area contributed by atoms with Crippen LogP contribution in [-0.4, -0.2) is 81.8 Å².